The average Bonchev–Trinajstić information content (AvgIpc) is 2.63. The highest BCUT2D eigenvalue weighted by atomic mass is 19.4. The van der Waals surface area contributed by atoms with Crippen LogP contribution in [0.4, 0.5) is 75.0 Å². The van der Waals surface area contributed by atoms with Gasteiger partial charge in [-0.1, -0.05) is 0 Å². The third kappa shape index (κ3) is 5.14. The number of unbranched alkanes of at least 4 members (excludes halogenated alkanes) is 2. The second kappa shape index (κ2) is 9.42. The average molecular weight is 531 g/mol. The van der Waals surface area contributed by atoms with Crippen molar-refractivity contribution in [2.24, 2.45) is 5.73 Å². The van der Waals surface area contributed by atoms with Crippen molar-refractivity contribution in [3.63, 3.8) is 0 Å². The molecule has 0 bridgehead atoms. The number of nitrogens with two attached hydrogens (primary N) is 1. The zero-order valence-electron chi connectivity index (χ0n) is 15.6. The van der Waals surface area contributed by atoms with E-state index in [2.05, 4.69) is 10.5 Å². The summed E-state index contributed by atoms with van der Waals surface area (Å²) in [4.78, 5) is 10.2. The van der Waals surface area contributed by atoms with E-state index in [4.69, 9.17) is 0 Å². The fourth-order valence-corrected chi connectivity index (χ4v) is 2.12. The van der Waals surface area contributed by atoms with Crippen LogP contribution in [0.5, 0.6) is 0 Å². The molecule has 0 unspecified atom stereocenters. The van der Waals surface area contributed by atoms with Gasteiger partial charge < -0.3 is 10.5 Å². The molecule has 0 aliphatic carbocycles. The number of ether oxygens (including phenoxy) is 1. The molecule has 0 aliphatic heterocycles. The van der Waals surface area contributed by atoms with Crippen LogP contribution in [0, 0.1) is 0 Å². The quantitative estimate of drug-likeness (QED) is 0.223. The maximum absolute atomic E-state index is 13.6. The molecule has 0 rings (SSSR count). The summed E-state index contributed by atoms with van der Waals surface area (Å²) in [5.74, 6) is -54.3. The molecule has 0 aromatic rings. The molecule has 0 aromatic heterocycles. The molecule has 198 valence electrons. The fraction of sp³-hybridized carbons (Fsp3) is 0.929. The second-order valence-corrected chi connectivity index (χ2v) is 6.48. The van der Waals surface area contributed by atoms with Crippen LogP contribution in [-0.2, 0) is 4.74 Å². The molecule has 0 spiro atoms. The number of carbonyl (C=O) groups is 1. The molecular formula is C14H13F16NO2. The molecule has 0 saturated heterocycles. The summed E-state index contributed by atoms with van der Waals surface area (Å²) >= 11 is 0. The second-order valence-electron chi connectivity index (χ2n) is 6.48. The van der Waals surface area contributed by atoms with E-state index >= 15 is 0 Å². The standard InChI is InChI=1S/C14H13F16NO2/c15-6(16)9(19,20)11(23,24)13(27,28)14(29,30)12(25,26)10(21,22)8(17,18)4-2-1-3-5-33-7(31)32/h6H,1-5H2,(H2,31,32). The van der Waals surface area contributed by atoms with Gasteiger partial charge in [0, 0.05) is 6.42 Å². The smallest absolute Gasteiger partial charge is 0.404 e. The SMILES string of the molecule is NC(=O)OCCCCCC(F)(F)C(F)(F)C(F)(F)C(F)(F)C(F)(F)C(F)(F)C(F)(F)C(F)F. The molecule has 19 heteroatoms. The summed E-state index contributed by atoms with van der Waals surface area (Å²) in [6.07, 6.45) is -12.0. The first kappa shape index (κ1) is 31.1. The van der Waals surface area contributed by atoms with Gasteiger partial charge in [0.1, 0.15) is 0 Å². The normalized spacial score (nSPS) is 15.2. The first-order chi connectivity index (χ1) is 14.4. The van der Waals surface area contributed by atoms with Crippen LogP contribution in [0.15, 0.2) is 0 Å². The molecule has 3 nitrogen and oxygen atoms in total. The Morgan fingerprint density at radius 3 is 1.42 bits per heavy atom. The topological polar surface area (TPSA) is 52.3 Å². The molecule has 0 aromatic carbocycles. The number of amides is 1. The van der Waals surface area contributed by atoms with Gasteiger partial charge in [-0.15, -0.1) is 0 Å². The number of rotatable bonds is 13. The molecule has 0 atom stereocenters. The highest BCUT2D eigenvalue weighted by molar-refractivity contribution is 5.64. The van der Waals surface area contributed by atoms with Crippen LogP contribution < -0.4 is 5.73 Å². The van der Waals surface area contributed by atoms with E-state index in [1.807, 2.05) is 0 Å². The first-order valence-corrected chi connectivity index (χ1v) is 8.21. The Hall–Kier alpha value is -1.85. The predicted octanol–water partition coefficient (Wildman–Crippen LogP) is 6.35. The van der Waals surface area contributed by atoms with Crippen molar-refractivity contribution < 1.29 is 79.8 Å². The Morgan fingerprint density at radius 2 is 1.03 bits per heavy atom. The summed E-state index contributed by atoms with van der Waals surface area (Å²) < 4.78 is 214. The van der Waals surface area contributed by atoms with Gasteiger partial charge in [-0.2, -0.15) is 61.5 Å². The summed E-state index contributed by atoms with van der Waals surface area (Å²) in [7, 11) is 0. The van der Waals surface area contributed by atoms with E-state index < -0.39 is 86.3 Å². The third-order valence-electron chi connectivity index (χ3n) is 4.11. The zero-order chi connectivity index (χ0) is 26.9. The molecule has 1 amide bonds. The van der Waals surface area contributed by atoms with Crippen LogP contribution >= 0.6 is 0 Å². The van der Waals surface area contributed by atoms with Crippen molar-refractivity contribution in [1.82, 2.24) is 0 Å². The molecule has 0 radical (unpaired) electrons. The minimum atomic E-state index is -8.38. The van der Waals surface area contributed by atoms with Gasteiger partial charge in [0.05, 0.1) is 6.61 Å². The van der Waals surface area contributed by atoms with Gasteiger partial charge in [-0.3, -0.25) is 0 Å². The largest absolute Gasteiger partial charge is 0.450 e. The van der Waals surface area contributed by atoms with E-state index in [0.29, 0.717) is 0 Å². The molecule has 0 fully saturated rings. The maximum Gasteiger partial charge on any atom is 0.404 e. The van der Waals surface area contributed by atoms with Gasteiger partial charge in [-0.25, -0.2) is 13.6 Å². The number of hydrogen-bond acceptors (Lipinski definition) is 2. The third-order valence-corrected chi connectivity index (χ3v) is 4.11. The van der Waals surface area contributed by atoms with Crippen LogP contribution in [0.2, 0.25) is 0 Å². The highest BCUT2D eigenvalue weighted by Crippen LogP contribution is 2.63. The number of carbonyl (C=O) groups excluding carboxylic acids is 1. The Balaban J connectivity index is 5.93. The zero-order valence-corrected chi connectivity index (χ0v) is 15.6. The van der Waals surface area contributed by atoms with Crippen molar-refractivity contribution in [3.8, 4) is 0 Å². The lowest BCUT2D eigenvalue weighted by molar-refractivity contribution is -0.447. The van der Waals surface area contributed by atoms with Crippen LogP contribution in [0.25, 0.3) is 0 Å². The van der Waals surface area contributed by atoms with E-state index in [-0.39, 0.29) is 0 Å². The number of primary amides is 1. The maximum atomic E-state index is 13.6. The monoisotopic (exact) mass is 531 g/mol. The molecule has 2 N–H and O–H groups in total. The number of halogens is 16. The Bertz CT molecular complexity index is 678. The van der Waals surface area contributed by atoms with Crippen molar-refractivity contribution in [1.29, 1.82) is 0 Å². The van der Waals surface area contributed by atoms with E-state index in [0.717, 1.165) is 0 Å². The van der Waals surface area contributed by atoms with Gasteiger partial charge in [-0.05, 0) is 19.3 Å². The molecule has 0 saturated carbocycles. The lowest BCUT2D eigenvalue weighted by Gasteiger charge is -2.42. The number of hydrogen-bond donors (Lipinski definition) is 1. The Morgan fingerprint density at radius 1 is 0.636 bits per heavy atom. The van der Waals surface area contributed by atoms with Gasteiger partial charge in [0.25, 0.3) is 0 Å². The fourth-order valence-electron chi connectivity index (χ4n) is 2.12. The summed E-state index contributed by atoms with van der Waals surface area (Å²) in [5, 5.41) is 0. The Labute approximate surface area is 173 Å². The van der Waals surface area contributed by atoms with Crippen LogP contribution in [-0.4, -0.2) is 60.6 Å². The Kier molecular flexibility index (Phi) is 8.89. The number of alkyl halides is 16. The molecule has 33 heavy (non-hydrogen) atoms. The molecular weight excluding hydrogens is 518 g/mol. The minimum Gasteiger partial charge on any atom is -0.450 e. The highest BCUT2D eigenvalue weighted by Gasteiger charge is 2.93. The lowest BCUT2D eigenvalue weighted by atomic mass is 9.88. The van der Waals surface area contributed by atoms with Crippen molar-refractivity contribution in [2.75, 3.05) is 6.61 Å². The van der Waals surface area contributed by atoms with Crippen molar-refractivity contribution in [2.45, 2.75) is 73.6 Å². The van der Waals surface area contributed by atoms with Crippen LogP contribution in [0.1, 0.15) is 25.7 Å². The summed E-state index contributed by atoms with van der Waals surface area (Å²) in [6, 6.07) is 0. The van der Waals surface area contributed by atoms with Gasteiger partial charge >= 0.3 is 54.0 Å². The van der Waals surface area contributed by atoms with Crippen molar-refractivity contribution in [3.05, 3.63) is 0 Å². The van der Waals surface area contributed by atoms with E-state index in [1.54, 1.807) is 0 Å². The minimum absolute atomic E-state index is 0.413. The first-order valence-electron chi connectivity index (χ1n) is 8.21. The summed E-state index contributed by atoms with van der Waals surface area (Å²) in [5.41, 5.74) is 4.49. The van der Waals surface area contributed by atoms with Gasteiger partial charge in [0.2, 0.25) is 0 Å². The molecule has 0 heterocycles. The molecule has 0 aliphatic rings. The predicted molar refractivity (Wildman–Crippen MR) is 74.6 cm³/mol. The summed E-state index contributed by atoms with van der Waals surface area (Å²) in [6.45, 7) is -0.592. The van der Waals surface area contributed by atoms with E-state index in [9.17, 15) is 75.0 Å². The van der Waals surface area contributed by atoms with Crippen molar-refractivity contribution >= 4 is 6.09 Å². The van der Waals surface area contributed by atoms with Gasteiger partial charge in [0.15, 0.2) is 0 Å². The lowest BCUT2D eigenvalue weighted by Crippen LogP contribution is -2.73. The van der Waals surface area contributed by atoms with E-state index in [1.165, 1.54) is 0 Å². The van der Waals surface area contributed by atoms with Crippen LogP contribution in [0.3, 0.4) is 0 Å².